The monoisotopic (exact) mass is 277 g/mol. The molecule has 0 spiro atoms. The average Bonchev–Trinajstić information content (AvgIpc) is 3.03. The summed E-state index contributed by atoms with van der Waals surface area (Å²) in [4.78, 5) is 23.3. The van der Waals surface area contributed by atoms with Gasteiger partial charge in [0.1, 0.15) is 5.82 Å². The number of hydrogen-bond acceptors (Lipinski definition) is 3. The van der Waals surface area contributed by atoms with Crippen molar-refractivity contribution < 1.29 is 14.0 Å². The number of amides is 2. The molecule has 2 bridgehead atoms. The number of benzene rings is 1. The molecule has 2 amide bonds. The molecule has 2 saturated heterocycles. The van der Waals surface area contributed by atoms with Crippen molar-refractivity contribution in [3.63, 3.8) is 0 Å². The number of primary amides is 1. The lowest BCUT2D eigenvalue weighted by Gasteiger charge is -2.19. The highest BCUT2D eigenvalue weighted by molar-refractivity contribution is 5.97. The summed E-state index contributed by atoms with van der Waals surface area (Å²) >= 11 is 0. The third kappa shape index (κ3) is 2.27. The van der Waals surface area contributed by atoms with Gasteiger partial charge in [-0.15, -0.1) is 0 Å². The molecule has 3 unspecified atom stereocenters. The van der Waals surface area contributed by atoms with Crippen LogP contribution in [0.15, 0.2) is 18.2 Å². The van der Waals surface area contributed by atoms with Crippen molar-refractivity contribution in [2.45, 2.75) is 31.3 Å². The molecule has 2 fully saturated rings. The van der Waals surface area contributed by atoms with E-state index in [-0.39, 0.29) is 29.1 Å². The third-order valence-corrected chi connectivity index (χ3v) is 4.15. The van der Waals surface area contributed by atoms with Crippen molar-refractivity contribution in [1.29, 1.82) is 0 Å². The zero-order valence-electron chi connectivity index (χ0n) is 10.9. The quantitative estimate of drug-likeness (QED) is 0.770. The van der Waals surface area contributed by atoms with Crippen molar-refractivity contribution >= 4 is 17.5 Å². The highest BCUT2D eigenvalue weighted by Gasteiger charge is 2.42. The topological polar surface area (TPSA) is 84.2 Å². The second-order valence-electron chi connectivity index (χ2n) is 5.44. The Labute approximate surface area is 115 Å². The summed E-state index contributed by atoms with van der Waals surface area (Å²) < 4.78 is 13.7. The minimum atomic E-state index is -0.651. The maximum atomic E-state index is 13.7. The summed E-state index contributed by atoms with van der Waals surface area (Å²) in [5.74, 6) is -1.56. The van der Waals surface area contributed by atoms with E-state index in [1.54, 1.807) is 0 Å². The zero-order valence-corrected chi connectivity index (χ0v) is 10.9. The van der Waals surface area contributed by atoms with Gasteiger partial charge in [0, 0.05) is 17.6 Å². The minimum absolute atomic E-state index is 0.00840. The Kier molecular flexibility index (Phi) is 3.17. The fourth-order valence-corrected chi connectivity index (χ4v) is 3.11. The van der Waals surface area contributed by atoms with E-state index in [2.05, 4.69) is 10.6 Å². The maximum absolute atomic E-state index is 13.7. The van der Waals surface area contributed by atoms with E-state index >= 15 is 0 Å². The van der Waals surface area contributed by atoms with Gasteiger partial charge < -0.3 is 16.4 Å². The Bertz CT molecular complexity index is 576. The molecule has 106 valence electrons. The Balaban J connectivity index is 1.75. The van der Waals surface area contributed by atoms with Gasteiger partial charge in [0.05, 0.1) is 11.6 Å². The molecule has 20 heavy (non-hydrogen) atoms. The largest absolute Gasteiger partial charge is 0.366 e. The van der Waals surface area contributed by atoms with Crippen molar-refractivity contribution in [3.05, 3.63) is 29.6 Å². The van der Waals surface area contributed by atoms with Crippen LogP contribution in [-0.4, -0.2) is 23.9 Å². The fourth-order valence-electron chi connectivity index (χ4n) is 3.11. The maximum Gasteiger partial charge on any atom is 0.248 e. The molecule has 4 N–H and O–H groups in total. The lowest BCUT2D eigenvalue weighted by Crippen LogP contribution is -2.33. The second kappa shape index (κ2) is 4.86. The van der Waals surface area contributed by atoms with Crippen LogP contribution in [0.25, 0.3) is 0 Å². The molecule has 1 aromatic rings. The smallest absolute Gasteiger partial charge is 0.248 e. The van der Waals surface area contributed by atoms with Gasteiger partial charge in [0.15, 0.2) is 0 Å². The summed E-state index contributed by atoms with van der Waals surface area (Å²) in [5, 5.41) is 5.93. The highest BCUT2D eigenvalue weighted by Crippen LogP contribution is 2.34. The lowest BCUT2D eigenvalue weighted by atomic mass is 9.88. The molecule has 2 aliphatic heterocycles. The van der Waals surface area contributed by atoms with E-state index in [9.17, 15) is 14.0 Å². The average molecular weight is 277 g/mol. The van der Waals surface area contributed by atoms with Gasteiger partial charge in [-0.3, -0.25) is 9.59 Å². The minimum Gasteiger partial charge on any atom is -0.366 e. The van der Waals surface area contributed by atoms with Crippen LogP contribution in [0, 0.1) is 11.7 Å². The number of nitrogens with two attached hydrogens (primary N) is 1. The lowest BCUT2D eigenvalue weighted by molar-refractivity contribution is -0.120. The number of anilines is 1. The van der Waals surface area contributed by atoms with Crippen LogP contribution >= 0.6 is 0 Å². The van der Waals surface area contributed by atoms with Crippen LogP contribution in [0.5, 0.6) is 0 Å². The highest BCUT2D eigenvalue weighted by atomic mass is 19.1. The van der Waals surface area contributed by atoms with Crippen LogP contribution in [-0.2, 0) is 4.79 Å². The number of rotatable bonds is 3. The van der Waals surface area contributed by atoms with Crippen LogP contribution < -0.4 is 16.4 Å². The number of halogens is 1. The van der Waals surface area contributed by atoms with E-state index in [0.717, 1.165) is 25.3 Å². The van der Waals surface area contributed by atoms with Gasteiger partial charge in [0.2, 0.25) is 11.8 Å². The molecule has 1 aromatic carbocycles. The summed E-state index contributed by atoms with van der Waals surface area (Å²) in [5.41, 5.74) is 5.33. The van der Waals surface area contributed by atoms with E-state index in [0.29, 0.717) is 6.04 Å². The van der Waals surface area contributed by atoms with Crippen molar-refractivity contribution in [2.75, 3.05) is 5.32 Å². The van der Waals surface area contributed by atoms with Crippen LogP contribution in [0.2, 0.25) is 0 Å². The normalized spacial score (nSPS) is 27.6. The van der Waals surface area contributed by atoms with Crippen molar-refractivity contribution in [3.8, 4) is 0 Å². The number of hydrogen-bond donors (Lipinski definition) is 3. The first-order chi connectivity index (χ1) is 9.54. The van der Waals surface area contributed by atoms with Gasteiger partial charge in [-0.1, -0.05) is 0 Å². The molecule has 2 heterocycles. The molecule has 6 heteroatoms. The van der Waals surface area contributed by atoms with Gasteiger partial charge in [-0.05, 0) is 37.5 Å². The second-order valence-corrected chi connectivity index (χ2v) is 5.44. The summed E-state index contributed by atoms with van der Waals surface area (Å²) in [6.45, 7) is 0. The Hall–Kier alpha value is -1.95. The van der Waals surface area contributed by atoms with E-state index in [4.69, 9.17) is 5.73 Å². The van der Waals surface area contributed by atoms with Crippen molar-refractivity contribution in [2.24, 2.45) is 11.7 Å². The van der Waals surface area contributed by atoms with Gasteiger partial charge in [0.25, 0.3) is 0 Å². The van der Waals surface area contributed by atoms with E-state index < -0.39 is 11.7 Å². The van der Waals surface area contributed by atoms with Gasteiger partial charge >= 0.3 is 0 Å². The first kappa shape index (κ1) is 13.1. The Morgan fingerprint density at radius 1 is 1.35 bits per heavy atom. The Morgan fingerprint density at radius 3 is 2.75 bits per heavy atom. The molecule has 3 atom stereocenters. The molecule has 0 radical (unpaired) electrons. The van der Waals surface area contributed by atoms with Gasteiger partial charge in [-0.25, -0.2) is 4.39 Å². The zero-order chi connectivity index (χ0) is 14.3. The molecular formula is C14H16FN3O2. The molecule has 3 rings (SSSR count). The van der Waals surface area contributed by atoms with Crippen LogP contribution in [0.4, 0.5) is 10.1 Å². The summed E-state index contributed by atoms with van der Waals surface area (Å²) in [6, 6.07) is 4.29. The standard InChI is InChI=1S/C14H16FN3O2/c15-10-3-1-7(13(16)19)5-12(10)18-14(20)9-6-8-2-4-11(9)17-8/h1,3,5,8-9,11,17H,2,4,6H2,(H2,16,19)(H,18,20). The molecule has 0 aliphatic carbocycles. The van der Waals surface area contributed by atoms with Crippen LogP contribution in [0.3, 0.4) is 0 Å². The number of carbonyl (C=O) groups is 2. The first-order valence-electron chi connectivity index (χ1n) is 6.71. The molecule has 2 aliphatic rings. The SMILES string of the molecule is NC(=O)c1ccc(F)c(NC(=O)C2CC3CCC2N3)c1. The number of fused-ring (bicyclic) bond motifs is 2. The summed E-state index contributed by atoms with van der Waals surface area (Å²) in [7, 11) is 0. The first-order valence-corrected chi connectivity index (χ1v) is 6.71. The fraction of sp³-hybridized carbons (Fsp3) is 0.429. The van der Waals surface area contributed by atoms with Crippen LogP contribution in [0.1, 0.15) is 29.6 Å². The number of carbonyl (C=O) groups excluding carboxylic acids is 2. The molecule has 5 nitrogen and oxygen atoms in total. The van der Waals surface area contributed by atoms with Gasteiger partial charge in [-0.2, -0.15) is 0 Å². The predicted molar refractivity (Wildman–Crippen MR) is 71.6 cm³/mol. The van der Waals surface area contributed by atoms with E-state index in [1.165, 1.54) is 12.1 Å². The third-order valence-electron chi connectivity index (χ3n) is 4.15. The van der Waals surface area contributed by atoms with E-state index in [1.807, 2.05) is 0 Å². The molecule has 0 saturated carbocycles. The predicted octanol–water partition coefficient (Wildman–Crippen LogP) is 1.00. The molecule has 0 aromatic heterocycles. The van der Waals surface area contributed by atoms with Crippen molar-refractivity contribution in [1.82, 2.24) is 5.32 Å². The molecular weight excluding hydrogens is 261 g/mol. The summed E-state index contributed by atoms with van der Waals surface area (Å²) in [6.07, 6.45) is 2.86. The number of nitrogens with one attached hydrogen (secondary N) is 2. The Morgan fingerprint density at radius 2 is 2.15 bits per heavy atom.